The first kappa shape index (κ1) is 14.8. The minimum absolute atomic E-state index is 0.305. The van der Waals surface area contributed by atoms with Gasteiger partial charge in [-0.05, 0) is 18.6 Å². The van der Waals surface area contributed by atoms with Gasteiger partial charge >= 0.3 is 12.2 Å². The molecule has 1 heterocycles. The van der Waals surface area contributed by atoms with E-state index in [9.17, 15) is 18.0 Å². The molecule has 2 amide bonds. The van der Waals surface area contributed by atoms with Gasteiger partial charge in [-0.1, -0.05) is 23.4 Å². The molecule has 0 aliphatic rings. The van der Waals surface area contributed by atoms with Gasteiger partial charge < -0.3 is 15.2 Å². The smallest absolute Gasteiger partial charge is 0.337 e. The average molecular weight is 300 g/mol. The second kappa shape index (κ2) is 5.81. The van der Waals surface area contributed by atoms with Crippen molar-refractivity contribution in [1.82, 2.24) is 15.5 Å². The SMILES string of the molecule is Cc1ccccc1NC(=O)NCc1nc(C(F)(F)F)no1. The Morgan fingerprint density at radius 2 is 2.05 bits per heavy atom. The predicted octanol–water partition coefficient (Wildman–Crippen LogP) is 2.72. The molecule has 112 valence electrons. The van der Waals surface area contributed by atoms with Crippen LogP contribution in [0.3, 0.4) is 0 Å². The third-order valence-corrected chi connectivity index (χ3v) is 2.52. The molecule has 6 nitrogen and oxygen atoms in total. The van der Waals surface area contributed by atoms with Crippen molar-refractivity contribution in [2.45, 2.75) is 19.6 Å². The Balaban J connectivity index is 1.90. The minimum atomic E-state index is -4.68. The van der Waals surface area contributed by atoms with Crippen molar-refractivity contribution in [3.63, 3.8) is 0 Å². The van der Waals surface area contributed by atoms with E-state index in [2.05, 4.69) is 25.3 Å². The molecule has 0 fully saturated rings. The summed E-state index contributed by atoms with van der Waals surface area (Å²) in [5.74, 6) is -1.71. The van der Waals surface area contributed by atoms with Gasteiger partial charge in [0.2, 0.25) is 5.89 Å². The lowest BCUT2D eigenvalue weighted by atomic mass is 10.2. The molecule has 0 atom stereocenters. The van der Waals surface area contributed by atoms with Crippen molar-refractivity contribution in [3.8, 4) is 0 Å². The van der Waals surface area contributed by atoms with Crippen LogP contribution in [0.5, 0.6) is 0 Å². The molecule has 21 heavy (non-hydrogen) atoms. The van der Waals surface area contributed by atoms with Gasteiger partial charge in [0.15, 0.2) is 0 Å². The average Bonchev–Trinajstić information content (AvgIpc) is 2.88. The molecule has 0 aliphatic carbocycles. The zero-order chi connectivity index (χ0) is 15.5. The Labute approximate surface area is 117 Å². The lowest BCUT2D eigenvalue weighted by Gasteiger charge is -2.08. The van der Waals surface area contributed by atoms with Gasteiger partial charge in [0.1, 0.15) is 0 Å². The summed E-state index contributed by atoms with van der Waals surface area (Å²) in [6.07, 6.45) is -4.68. The van der Waals surface area contributed by atoms with Gasteiger partial charge in [0.25, 0.3) is 5.82 Å². The molecule has 2 aromatic rings. The van der Waals surface area contributed by atoms with E-state index in [0.717, 1.165) is 5.56 Å². The number of carbonyl (C=O) groups excluding carboxylic acids is 1. The Morgan fingerprint density at radius 1 is 1.33 bits per heavy atom. The molecular weight excluding hydrogens is 289 g/mol. The molecule has 9 heteroatoms. The highest BCUT2D eigenvalue weighted by Crippen LogP contribution is 2.26. The van der Waals surface area contributed by atoms with Crippen LogP contribution in [0.25, 0.3) is 0 Å². The lowest BCUT2D eigenvalue weighted by molar-refractivity contribution is -0.146. The third kappa shape index (κ3) is 3.94. The maximum absolute atomic E-state index is 12.2. The van der Waals surface area contributed by atoms with Crippen molar-refractivity contribution in [2.75, 3.05) is 5.32 Å². The first-order valence-corrected chi connectivity index (χ1v) is 5.86. The number of anilines is 1. The number of alkyl halides is 3. The molecule has 0 spiro atoms. The third-order valence-electron chi connectivity index (χ3n) is 2.52. The minimum Gasteiger partial charge on any atom is -0.337 e. The predicted molar refractivity (Wildman–Crippen MR) is 66.3 cm³/mol. The molecule has 0 aliphatic heterocycles. The molecule has 2 rings (SSSR count). The summed E-state index contributed by atoms with van der Waals surface area (Å²) in [6, 6.07) is 6.48. The largest absolute Gasteiger partial charge is 0.455 e. The van der Waals surface area contributed by atoms with E-state index >= 15 is 0 Å². The fourth-order valence-corrected chi connectivity index (χ4v) is 1.48. The summed E-state index contributed by atoms with van der Waals surface area (Å²) >= 11 is 0. The fraction of sp³-hybridized carbons (Fsp3) is 0.250. The zero-order valence-corrected chi connectivity index (χ0v) is 10.9. The van der Waals surface area contributed by atoms with Crippen molar-refractivity contribution >= 4 is 11.7 Å². The van der Waals surface area contributed by atoms with E-state index in [4.69, 9.17) is 0 Å². The molecule has 1 aromatic heterocycles. The van der Waals surface area contributed by atoms with Crippen LogP contribution in [0.15, 0.2) is 28.8 Å². The molecule has 0 saturated heterocycles. The second-order valence-electron chi connectivity index (χ2n) is 4.13. The standard InChI is InChI=1S/C12H11F3N4O2/c1-7-4-2-3-5-8(7)17-11(20)16-6-9-18-10(19-21-9)12(13,14)15/h2-5H,6H2,1H3,(H2,16,17,20). The maximum atomic E-state index is 12.2. The van der Waals surface area contributed by atoms with Crippen molar-refractivity contribution in [3.05, 3.63) is 41.5 Å². The van der Waals surface area contributed by atoms with E-state index in [0.29, 0.717) is 5.69 Å². The number of halogens is 3. The molecule has 0 bridgehead atoms. The summed E-state index contributed by atoms with van der Waals surface area (Å²) in [6.45, 7) is 1.50. The Bertz CT molecular complexity index is 639. The molecule has 0 unspecified atom stereocenters. The molecular formula is C12H11F3N4O2. The molecule has 2 N–H and O–H groups in total. The van der Waals surface area contributed by atoms with E-state index in [1.165, 1.54) is 0 Å². The van der Waals surface area contributed by atoms with Gasteiger partial charge in [-0.3, -0.25) is 0 Å². The lowest BCUT2D eigenvalue weighted by Crippen LogP contribution is -2.28. The number of carbonyl (C=O) groups is 1. The number of urea groups is 1. The summed E-state index contributed by atoms with van der Waals surface area (Å²) < 4.78 is 41.1. The summed E-state index contributed by atoms with van der Waals surface area (Å²) in [4.78, 5) is 14.7. The van der Waals surface area contributed by atoms with Crippen molar-refractivity contribution < 1.29 is 22.5 Å². The number of hydrogen-bond acceptors (Lipinski definition) is 4. The zero-order valence-electron chi connectivity index (χ0n) is 10.9. The van der Waals surface area contributed by atoms with Gasteiger partial charge in [-0.15, -0.1) is 0 Å². The van der Waals surface area contributed by atoms with Crippen LogP contribution in [-0.4, -0.2) is 16.2 Å². The van der Waals surface area contributed by atoms with Gasteiger partial charge in [0, 0.05) is 5.69 Å². The van der Waals surface area contributed by atoms with Crippen LogP contribution in [-0.2, 0) is 12.7 Å². The Hall–Kier alpha value is -2.58. The molecule has 1 aromatic carbocycles. The van der Waals surface area contributed by atoms with E-state index < -0.39 is 18.0 Å². The summed E-state index contributed by atoms with van der Waals surface area (Å²) in [7, 11) is 0. The number of rotatable bonds is 3. The number of amides is 2. The topological polar surface area (TPSA) is 80.0 Å². The first-order valence-electron chi connectivity index (χ1n) is 5.86. The number of aromatic nitrogens is 2. The molecule has 0 radical (unpaired) electrons. The molecule has 0 saturated carbocycles. The quantitative estimate of drug-likeness (QED) is 0.913. The van der Waals surface area contributed by atoms with E-state index in [-0.39, 0.29) is 12.4 Å². The monoisotopic (exact) mass is 300 g/mol. The van der Waals surface area contributed by atoms with Crippen LogP contribution in [0.2, 0.25) is 0 Å². The highest BCUT2D eigenvalue weighted by Gasteiger charge is 2.37. The highest BCUT2D eigenvalue weighted by atomic mass is 19.4. The van der Waals surface area contributed by atoms with Crippen LogP contribution in [0.4, 0.5) is 23.7 Å². The second-order valence-corrected chi connectivity index (χ2v) is 4.13. The van der Waals surface area contributed by atoms with Gasteiger partial charge in [-0.25, -0.2) is 4.79 Å². The Kier molecular flexibility index (Phi) is 4.10. The van der Waals surface area contributed by atoms with Crippen LogP contribution < -0.4 is 10.6 Å². The highest BCUT2D eigenvalue weighted by molar-refractivity contribution is 5.89. The number of nitrogens with zero attached hydrogens (tertiary/aromatic N) is 2. The number of aryl methyl sites for hydroxylation is 1. The maximum Gasteiger partial charge on any atom is 0.455 e. The van der Waals surface area contributed by atoms with Gasteiger partial charge in [-0.2, -0.15) is 18.2 Å². The van der Waals surface area contributed by atoms with Crippen molar-refractivity contribution in [2.24, 2.45) is 0 Å². The number of nitrogens with one attached hydrogen (secondary N) is 2. The van der Waals surface area contributed by atoms with E-state index in [1.54, 1.807) is 12.1 Å². The van der Waals surface area contributed by atoms with Crippen LogP contribution in [0.1, 0.15) is 17.3 Å². The number of benzene rings is 1. The Morgan fingerprint density at radius 3 is 2.67 bits per heavy atom. The van der Waals surface area contributed by atoms with Crippen molar-refractivity contribution in [1.29, 1.82) is 0 Å². The normalized spacial score (nSPS) is 11.2. The summed E-state index contributed by atoms with van der Waals surface area (Å²) in [5.41, 5.74) is 1.45. The van der Waals surface area contributed by atoms with Gasteiger partial charge in [0.05, 0.1) is 6.54 Å². The van der Waals surface area contributed by atoms with Crippen LogP contribution in [0, 0.1) is 6.92 Å². The first-order chi connectivity index (χ1) is 9.86. The number of para-hydroxylation sites is 1. The van der Waals surface area contributed by atoms with E-state index in [1.807, 2.05) is 19.1 Å². The van der Waals surface area contributed by atoms with Crippen LogP contribution >= 0.6 is 0 Å². The summed E-state index contributed by atoms with van der Waals surface area (Å²) in [5, 5.41) is 7.66. The number of hydrogen-bond donors (Lipinski definition) is 2. The fourth-order valence-electron chi connectivity index (χ4n) is 1.48.